The number of aromatic nitrogens is 3. The van der Waals surface area contributed by atoms with Crippen LogP contribution in [0.1, 0.15) is 25.8 Å². The molecule has 0 amide bonds. The van der Waals surface area contributed by atoms with Crippen molar-refractivity contribution in [1.29, 1.82) is 0 Å². The smallest absolute Gasteiger partial charge is 0.266 e. The predicted octanol–water partition coefficient (Wildman–Crippen LogP) is 1.97. The van der Waals surface area contributed by atoms with Crippen molar-refractivity contribution in [3.8, 4) is 5.75 Å². The van der Waals surface area contributed by atoms with Gasteiger partial charge >= 0.3 is 0 Å². The summed E-state index contributed by atoms with van der Waals surface area (Å²) in [6, 6.07) is 4.93. The number of sulfonamides is 1. The summed E-state index contributed by atoms with van der Waals surface area (Å²) in [7, 11) is -3.66. The van der Waals surface area contributed by atoms with E-state index < -0.39 is 10.0 Å². The molecule has 1 aromatic heterocycles. The molecule has 0 spiro atoms. The zero-order valence-corrected chi connectivity index (χ0v) is 14.2. The molecule has 0 saturated carbocycles. The van der Waals surface area contributed by atoms with Crippen LogP contribution in [0.25, 0.3) is 0 Å². The maximum atomic E-state index is 12.9. The van der Waals surface area contributed by atoms with Crippen LogP contribution in [0.2, 0.25) is 0 Å². The fraction of sp³-hybridized carbons (Fsp3) is 0.467. The molecule has 0 bridgehead atoms. The van der Waals surface area contributed by atoms with Crippen molar-refractivity contribution < 1.29 is 13.2 Å². The van der Waals surface area contributed by atoms with E-state index in [9.17, 15) is 8.42 Å². The highest BCUT2D eigenvalue weighted by Gasteiger charge is 2.31. The molecular formula is C15H20N4O3S. The van der Waals surface area contributed by atoms with E-state index >= 15 is 0 Å². The Kier molecular flexibility index (Phi) is 4.01. The Hall–Kier alpha value is -2.09. The SMILES string of the molecule is Cc1cc(S(=O)(=O)N2CCCn3ncnc32)ccc1OC(C)C. The monoisotopic (exact) mass is 336 g/mol. The molecule has 7 nitrogen and oxygen atoms in total. The Balaban J connectivity index is 1.97. The zero-order chi connectivity index (χ0) is 16.6. The Morgan fingerprint density at radius 2 is 2.04 bits per heavy atom. The van der Waals surface area contributed by atoms with Gasteiger partial charge < -0.3 is 4.74 Å². The van der Waals surface area contributed by atoms with Crippen LogP contribution in [0.5, 0.6) is 5.75 Å². The molecule has 3 rings (SSSR count). The molecule has 0 N–H and O–H groups in total. The molecule has 2 heterocycles. The number of benzene rings is 1. The summed E-state index contributed by atoms with van der Waals surface area (Å²) in [5.41, 5.74) is 0.790. The van der Waals surface area contributed by atoms with Crippen LogP contribution in [0.3, 0.4) is 0 Å². The van der Waals surface area contributed by atoms with Gasteiger partial charge in [-0.15, -0.1) is 0 Å². The second-order valence-electron chi connectivity index (χ2n) is 5.81. The lowest BCUT2D eigenvalue weighted by molar-refractivity contribution is 0.240. The largest absolute Gasteiger partial charge is 0.491 e. The van der Waals surface area contributed by atoms with Crippen molar-refractivity contribution in [3.05, 3.63) is 30.1 Å². The standard InChI is InChI=1S/C15H20N4O3S/c1-11(2)22-14-6-5-13(9-12(14)3)23(20,21)19-8-4-7-18-15(19)16-10-17-18/h5-6,9-11H,4,7-8H2,1-3H3. The van der Waals surface area contributed by atoms with Gasteiger partial charge in [0, 0.05) is 13.1 Å². The van der Waals surface area contributed by atoms with Crippen LogP contribution in [-0.2, 0) is 16.6 Å². The van der Waals surface area contributed by atoms with E-state index in [1.807, 2.05) is 20.8 Å². The first-order chi connectivity index (χ1) is 10.9. The Labute approximate surface area is 135 Å². The molecule has 23 heavy (non-hydrogen) atoms. The number of hydrogen-bond acceptors (Lipinski definition) is 5. The van der Waals surface area contributed by atoms with E-state index in [1.165, 1.54) is 10.6 Å². The minimum atomic E-state index is -3.66. The fourth-order valence-corrected chi connectivity index (χ4v) is 4.14. The summed E-state index contributed by atoms with van der Waals surface area (Å²) in [5.74, 6) is 1.07. The lowest BCUT2D eigenvalue weighted by Gasteiger charge is -2.27. The Morgan fingerprint density at radius 3 is 2.74 bits per heavy atom. The van der Waals surface area contributed by atoms with Gasteiger partial charge in [0.1, 0.15) is 12.1 Å². The first-order valence-corrected chi connectivity index (χ1v) is 9.01. The van der Waals surface area contributed by atoms with Gasteiger partial charge in [-0.1, -0.05) is 0 Å². The summed E-state index contributed by atoms with van der Waals surface area (Å²) in [5, 5.41) is 4.06. The van der Waals surface area contributed by atoms with Crippen LogP contribution in [-0.4, -0.2) is 35.8 Å². The second-order valence-corrected chi connectivity index (χ2v) is 7.67. The van der Waals surface area contributed by atoms with E-state index in [0.717, 1.165) is 5.56 Å². The van der Waals surface area contributed by atoms with Crippen molar-refractivity contribution in [2.24, 2.45) is 0 Å². The highest BCUT2D eigenvalue weighted by Crippen LogP contribution is 2.28. The molecule has 0 saturated heterocycles. The van der Waals surface area contributed by atoms with E-state index in [0.29, 0.717) is 31.2 Å². The number of hydrogen-bond donors (Lipinski definition) is 0. The first-order valence-electron chi connectivity index (χ1n) is 7.57. The minimum absolute atomic E-state index is 0.0387. The average Bonchev–Trinajstić information content (AvgIpc) is 2.97. The van der Waals surface area contributed by atoms with Gasteiger partial charge in [-0.3, -0.25) is 0 Å². The Bertz CT molecular complexity index is 814. The summed E-state index contributed by atoms with van der Waals surface area (Å²) >= 11 is 0. The molecule has 0 radical (unpaired) electrons. The molecule has 1 aromatic carbocycles. The van der Waals surface area contributed by atoms with E-state index in [2.05, 4.69) is 10.1 Å². The third-order valence-electron chi connectivity index (χ3n) is 3.65. The normalized spacial score (nSPS) is 14.9. The summed E-state index contributed by atoms with van der Waals surface area (Å²) in [6.07, 6.45) is 2.13. The van der Waals surface area contributed by atoms with Crippen LogP contribution < -0.4 is 9.04 Å². The third kappa shape index (κ3) is 2.90. The number of fused-ring (bicyclic) bond motifs is 1. The van der Waals surface area contributed by atoms with E-state index in [4.69, 9.17) is 4.74 Å². The van der Waals surface area contributed by atoms with Crippen LogP contribution >= 0.6 is 0 Å². The van der Waals surface area contributed by atoms with Gasteiger partial charge in [0.05, 0.1) is 11.0 Å². The molecule has 1 aliphatic rings. The quantitative estimate of drug-likeness (QED) is 0.853. The summed E-state index contributed by atoms with van der Waals surface area (Å²) < 4.78 is 34.5. The number of rotatable bonds is 4. The molecule has 0 unspecified atom stereocenters. The van der Waals surface area contributed by atoms with Crippen LogP contribution in [0, 0.1) is 6.92 Å². The van der Waals surface area contributed by atoms with Gasteiger partial charge in [-0.05, 0) is 51.0 Å². The van der Waals surface area contributed by atoms with Gasteiger partial charge in [0.25, 0.3) is 10.0 Å². The number of aryl methyl sites for hydroxylation is 2. The molecule has 1 aliphatic heterocycles. The minimum Gasteiger partial charge on any atom is -0.491 e. The lowest BCUT2D eigenvalue weighted by Crippen LogP contribution is -2.38. The fourth-order valence-electron chi connectivity index (χ4n) is 2.60. The van der Waals surface area contributed by atoms with Crippen molar-refractivity contribution in [2.45, 2.75) is 44.7 Å². The maximum absolute atomic E-state index is 12.9. The third-order valence-corrected chi connectivity index (χ3v) is 5.42. The van der Waals surface area contributed by atoms with Crippen molar-refractivity contribution in [1.82, 2.24) is 14.8 Å². The van der Waals surface area contributed by atoms with Gasteiger partial charge in [0.2, 0.25) is 5.95 Å². The molecule has 0 aliphatic carbocycles. The first kappa shape index (κ1) is 15.8. The topological polar surface area (TPSA) is 77.3 Å². The van der Waals surface area contributed by atoms with Gasteiger partial charge in [-0.25, -0.2) is 17.4 Å². The number of anilines is 1. The molecule has 2 aromatic rings. The molecular weight excluding hydrogens is 316 g/mol. The zero-order valence-electron chi connectivity index (χ0n) is 13.4. The predicted molar refractivity (Wildman–Crippen MR) is 86.1 cm³/mol. The van der Waals surface area contributed by atoms with Crippen molar-refractivity contribution in [3.63, 3.8) is 0 Å². The van der Waals surface area contributed by atoms with Crippen molar-refractivity contribution >= 4 is 16.0 Å². The number of nitrogens with zero attached hydrogens (tertiary/aromatic N) is 4. The summed E-state index contributed by atoms with van der Waals surface area (Å²) in [4.78, 5) is 4.32. The Morgan fingerprint density at radius 1 is 1.26 bits per heavy atom. The van der Waals surface area contributed by atoms with Crippen LogP contribution in [0.4, 0.5) is 5.95 Å². The van der Waals surface area contributed by atoms with Crippen molar-refractivity contribution in [2.75, 3.05) is 10.8 Å². The molecule has 124 valence electrons. The van der Waals surface area contributed by atoms with Gasteiger partial charge in [0.15, 0.2) is 0 Å². The summed E-state index contributed by atoms with van der Waals surface area (Å²) in [6.45, 7) is 6.80. The van der Waals surface area contributed by atoms with Crippen LogP contribution in [0.15, 0.2) is 29.4 Å². The van der Waals surface area contributed by atoms with E-state index in [-0.39, 0.29) is 11.0 Å². The molecule has 8 heteroatoms. The van der Waals surface area contributed by atoms with E-state index in [1.54, 1.807) is 22.9 Å². The molecule has 0 fully saturated rings. The number of ether oxygens (including phenoxy) is 1. The lowest BCUT2D eigenvalue weighted by atomic mass is 10.2. The maximum Gasteiger partial charge on any atom is 0.266 e. The van der Waals surface area contributed by atoms with Gasteiger partial charge in [-0.2, -0.15) is 10.1 Å². The highest BCUT2D eigenvalue weighted by molar-refractivity contribution is 7.92. The molecule has 0 atom stereocenters. The highest BCUT2D eigenvalue weighted by atomic mass is 32.2. The second kappa shape index (κ2) is 5.84. The average molecular weight is 336 g/mol.